The molecular weight excluding hydrogens is 326 g/mol. The van der Waals surface area contributed by atoms with Crippen LogP contribution in [0.15, 0.2) is 36.5 Å². The summed E-state index contributed by atoms with van der Waals surface area (Å²) in [6.07, 6.45) is 4.75. The van der Waals surface area contributed by atoms with E-state index in [1.165, 1.54) is 0 Å². The van der Waals surface area contributed by atoms with E-state index in [9.17, 15) is 13.2 Å². The van der Waals surface area contributed by atoms with Crippen LogP contribution in [0, 0.1) is 6.92 Å². The number of nitrogens with zero attached hydrogens (tertiary/aromatic N) is 2. The largest absolute Gasteiger partial charge is 0.310 e. The lowest BCUT2D eigenvalue weighted by atomic mass is 10.2. The molecular formula is C17H21N3O3S. The van der Waals surface area contributed by atoms with Crippen molar-refractivity contribution in [1.29, 1.82) is 0 Å². The first-order chi connectivity index (χ1) is 11.5. The number of hydrogen-bond acceptors (Lipinski definition) is 4. The van der Waals surface area contributed by atoms with Crippen LogP contribution in [0.4, 0.5) is 5.82 Å². The highest BCUT2D eigenvalue weighted by atomic mass is 32.2. The zero-order valence-electron chi connectivity index (χ0n) is 13.6. The molecule has 0 saturated heterocycles. The van der Waals surface area contributed by atoms with Gasteiger partial charge in [-0.25, -0.2) is 13.1 Å². The average Bonchev–Trinajstić information content (AvgIpc) is 3.19. The van der Waals surface area contributed by atoms with Crippen LogP contribution in [0.5, 0.6) is 0 Å². The zero-order valence-corrected chi connectivity index (χ0v) is 14.4. The van der Waals surface area contributed by atoms with Gasteiger partial charge in [-0.2, -0.15) is 5.10 Å². The number of aromatic nitrogens is 2. The third kappa shape index (κ3) is 3.51. The van der Waals surface area contributed by atoms with Gasteiger partial charge in [-0.05, 0) is 31.4 Å². The van der Waals surface area contributed by atoms with Gasteiger partial charge < -0.3 is 5.32 Å². The van der Waals surface area contributed by atoms with Crippen molar-refractivity contribution in [3.05, 3.63) is 42.1 Å². The molecule has 1 N–H and O–H groups in total. The minimum atomic E-state index is -3.39. The van der Waals surface area contributed by atoms with Crippen LogP contribution >= 0.6 is 0 Å². The molecule has 6 nitrogen and oxygen atoms in total. The minimum absolute atomic E-state index is 0.371. The molecule has 2 aromatic rings. The van der Waals surface area contributed by atoms with E-state index in [-0.39, 0.29) is 5.25 Å². The van der Waals surface area contributed by atoms with Crippen LogP contribution in [0.3, 0.4) is 0 Å². The summed E-state index contributed by atoms with van der Waals surface area (Å²) in [4.78, 5) is 12.2. The third-order valence-corrected chi connectivity index (χ3v) is 6.55. The standard InChI is InChI=1S/C17H21N3O3S/c1-13-6-2-5-9-15(13)20-16(10-11-18-20)19-17(21)12-24(22,23)14-7-3-4-8-14/h2,5-6,9-11,14H,3-4,7-8,12H2,1H3,(H,19,21). The monoisotopic (exact) mass is 347 g/mol. The highest BCUT2D eigenvalue weighted by molar-refractivity contribution is 7.92. The lowest BCUT2D eigenvalue weighted by Gasteiger charge is -2.13. The second-order valence-corrected chi connectivity index (χ2v) is 8.46. The van der Waals surface area contributed by atoms with Crippen LogP contribution in [-0.2, 0) is 14.6 Å². The summed E-state index contributed by atoms with van der Waals surface area (Å²) < 4.78 is 26.2. The fraction of sp³-hybridized carbons (Fsp3) is 0.412. The van der Waals surface area contributed by atoms with Crippen molar-refractivity contribution >= 4 is 21.6 Å². The van der Waals surface area contributed by atoms with Gasteiger partial charge in [-0.15, -0.1) is 0 Å². The van der Waals surface area contributed by atoms with Gasteiger partial charge in [0.2, 0.25) is 5.91 Å². The first kappa shape index (κ1) is 16.7. The summed E-state index contributed by atoms with van der Waals surface area (Å²) in [5.74, 6) is -0.524. The maximum absolute atomic E-state index is 12.3. The molecule has 1 saturated carbocycles. The van der Waals surface area contributed by atoms with Crippen molar-refractivity contribution < 1.29 is 13.2 Å². The van der Waals surface area contributed by atoms with Crippen LogP contribution < -0.4 is 5.32 Å². The fourth-order valence-electron chi connectivity index (χ4n) is 3.12. The van der Waals surface area contributed by atoms with E-state index in [1.807, 2.05) is 31.2 Å². The van der Waals surface area contributed by atoms with Crippen molar-refractivity contribution in [2.24, 2.45) is 0 Å². The van der Waals surface area contributed by atoms with E-state index in [2.05, 4.69) is 10.4 Å². The number of rotatable bonds is 5. The molecule has 0 radical (unpaired) electrons. The fourth-order valence-corrected chi connectivity index (χ4v) is 4.84. The first-order valence-corrected chi connectivity index (χ1v) is 9.80. The number of carbonyl (C=O) groups excluding carboxylic acids is 1. The number of sulfone groups is 1. The molecule has 128 valence electrons. The normalized spacial score (nSPS) is 15.5. The van der Waals surface area contributed by atoms with Crippen molar-refractivity contribution in [1.82, 2.24) is 9.78 Å². The van der Waals surface area contributed by atoms with Crippen LogP contribution in [0.1, 0.15) is 31.2 Å². The molecule has 1 aliphatic rings. The smallest absolute Gasteiger partial charge is 0.240 e. The summed E-state index contributed by atoms with van der Waals surface area (Å²) in [5.41, 5.74) is 1.85. The summed E-state index contributed by atoms with van der Waals surface area (Å²) in [5, 5.41) is 6.53. The summed E-state index contributed by atoms with van der Waals surface area (Å²) in [6, 6.07) is 9.32. The van der Waals surface area contributed by atoms with Crippen molar-refractivity contribution in [2.45, 2.75) is 37.9 Å². The number of benzene rings is 1. The molecule has 0 atom stereocenters. The average molecular weight is 347 g/mol. The van der Waals surface area contributed by atoms with Gasteiger partial charge in [-0.1, -0.05) is 31.0 Å². The molecule has 3 rings (SSSR count). The summed E-state index contributed by atoms with van der Waals surface area (Å²) in [6.45, 7) is 1.95. The van der Waals surface area contributed by atoms with Gasteiger partial charge in [0, 0.05) is 6.07 Å². The van der Waals surface area contributed by atoms with E-state index < -0.39 is 21.5 Å². The van der Waals surface area contributed by atoms with E-state index in [0.29, 0.717) is 18.7 Å². The van der Waals surface area contributed by atoms with Crippen LogP contribution in [0.2, 0.25) is 0 Å². The Kier molecular flexibility index (Phi) is 4.71. The Balaban J connectivity index is 1.74. The molecule has 1 amide bonds. The molecule has 1 aromatic heterocycles. The molecule has 0 aliphatic heterocycles. The molecule has 7 heteroatoms. The Bertz CT molecular complexity index is 836. The number of anilines is 1. The molecule has 1 aromatic carbocycles. The number of amides is 1. The number of para-hydroxylation sites is 1. The molecule has 1 fully saturated rings. The number of aryl methyl sites for hydroxylation is 1. The first-order valence-electron chi connectivity index (χ1n) is 8.09. The molecule has 1 aliphatic carbocycles. The van der Waals surface area contributed by atoms with Crippen LogP contribution in [-0.4, -0.2) is 35.1 Å². The Hall–Kier alpha value is -2.15. The highest BCUT2D eigenvalue weighted by Gasteiger charge is 2.30. The SMILES string of the molecule is Cc1ccccc1-n1nccc1NC(=O)CS(=O)(=O)C1CCCC1. The quantitative estimate of drug-likeness (QED) is 0.901. The zero-order chi connectivity index (χ0) is 17.2. The Morgan fingerprint density at radius 1 is 1.25 bits per heavy atom. The highest BCUT2D eigenvalue weighted by Crippen LogP contribution is 2.25. The topological polar surface area (TPSA) is 81.1 Å². The Morgan fingerprint density at radius 2 is 1.96 bits per heavy atom. The maximum Gasteiger partial charge on any atom is 0.240 e. The van der Waals surface area contributed by atoms with Crippen molar-refractivity contribution in [3.63, 3.8) is 0 Å². The molecule has 0 unspecified atom stereocenters. The predicted molar refractivity (Wildman–Crippen MR) is 93.0 cm³/mol. The maximum atomic E-state index is 12.3. The molecule has 0 spiro atoms. The lowest BCUT2D eigenvalue weighted by Crippen LogP contribution is -2.30. The van der Waals surface area contributed by atoms with E-state index in [0.717, 1.165) is 24.1 Å². The van der Waals surface area contributed by atoms with Crippen LogP contribution in [0.25, 0.3) is 5.69 Å². The van der Waals surface area contributed by atoms with Gasteiger partial charge in [0.1, 0.15) is 11.6 Å². The summed E-state index contributed by atoms with van der Waals surface area (Å²) in [7, 11) is -3.39. The second kappa shape index (κ2) is 6.76. The molecule has 24 heavy (non-hydrogen) atoms. The molecule has 0 bridgehead atoms. The lowest BCUT2D eigenvalue weighted by molar-refractivity contribution is -0.113. The number of hydrogen-bond donors (Lipinski definition) is 1. The summed E-state index contributed by atoms with van der Waals surface area (Å²) >= 11 is 0. The Labute approximate surface area is 141 Å². The van der Waals surface area contributed by atoms with Gasteiger partial charge in [0.15, 0.2) is 9.84 Å². The van der Waals surface area contributed by atoms with E-state index in [1.54, 1.807) is 16.9 Å². The second-order valence-electron chi connectivity index (χ2n) is 6.18. The Morgan fingerprint density at radius 3 is 2.67 bits per heavy atom. The predicted octanol–water partition coefficient (Wildman–Crippen LogP) is 2.48. The molecule has 1 heterocycles. The van der Waals surface area contributed by atoms with E-state index in [4.69, 9.17) is 0 Å². The van der Waals surface area contributed by atoms with Crippen molar-refractivity contribution in [2.75, 3.05) is 11.1 Å². The van der Waals surface area contributed by atoms with Crippen molar-refractivity contribution in [3.8, 4) is 5.69 Å². The van der Waals surface area contributed by atoms with Gasteiger partial charge in [0.05, 0.1) is 17.1 Å². The third-order valence-electron chi connectivity index (χ3n) is 4.40. The number of carbonyl (C=O) groups is 1. The number of nitrogens with one attached hydrogen (secondary N) is 1. The van der Waals surface area contributed by atoms with Gasteiger partial charge >= 0.3 is 0 Å². The van der Waals surface area contributed by atoms with Gasteiger partial charge in [0.25, 0.3) is 0 Å². The minimum Gasteiger partial charge on any atom is -0.310 e. The van der Waals surface area contributed by atoms with Gasteiger partial charge in [-0.3, -0.25) is 4.79 Å². The van der Waals surface area contributed by atoms with E-state index >= 15 is 0 Å².